The molecule has 1 aromatic heterocycles. The van der Waals surface area contributed by atoms with Gasteiger partial charge in [-0.15, -0.1) is 0 Å². The van der Waals surface area contributed by atoms with Crippen LogP contribution in [0.3, 0.4) is 0 Å². The molecule has 0 radical (unpaired) electrons. The van der Waals surface area contributed by atoms with Crippen LogP contribution in [0.2, 0.25) is 0 Å². The second-order valence-corrected chi connectivity index (χ2v) is 4.41. The Morgan fingerprint density at radius 3 is 2.75 bits per heavy atom. The number of hydrogen-bond acceptors (Lipinski definition) is 3. The molecule has 3 rings (SSSR count). The first kappa shape index (κ1) is 12.2. The van der Waals surface area contributed by atoms with E-state index in [4.69, 9.17) is 9.68 Å². The zero-order chi connectivity index (χ0) is 13.9. The molecule has 0 fully saturated rings. The summed E-state index contributed by atoms with van der Waals surface area (Å²) < 4.78 is 19.3. The van der Waals surface area contributed by atoms with Gasteiger partial charge in [0.05, 0.1) is 23.9 Å². The van der Waals surface area contributed by atoms with Crippen molar-refractivity contribution in [3.63, 3.8) is 0 Å². The fourth-order valence-electron chi connectivity index (χ4n) is 2.03. The molecule has 1 heterocycles. The minimum absolute atomic E-state index is 0.303. The predicted molar refractivity (Wildman–Crippen MR) is 74.7 cm³/mol. The number of para-hydroxylation sites is 1. The zero-order valence-electron chi connectivity index (χ0n) is 10.6. The van der Waals surface area contributed by atoms with Crippen LogP contribution in [-0.2, 0) is 6.54 Å². The average molecular weight is 266 g/mol. The molecule has 98 valence electrons. The zero-order valence-corrected chi connectivity index (χ0v) is 10.6. The van der Waals surface area contributed by atoms with Gasteiger partial charge in [0.2, 0.25) is 0 Å². The van der Waals surface area contributed by atoms with Gasteiger partial charge in [0.1, 0.15) is 17.2 Å². The molecule has 0 spiro atoms. The molecule has 0 amide bonds. The summed E-state index contributed by atoms with van der Waals surface area (Å²) in [5.41, 5.74) is 1.46. The first-order valence-corrected chi connectivity index (χ1v) is 6.17. The van der Waals surface area contributed by atoms with Crippen LogP contribution >= 0.6 is 0 Å². The van der Waals surface area contributed by atoms with Crippen molar-refractivity contribution in [3.8, 4) is 6.07 Å². The van der Waals surface area contributed by atoms with Gasteiger partial charge in [-0.05, 0) is 30.3 Å². The summed E-state index contributed by atoms with van der Waals surface area (Å²) in [6.07, 6.45) is 0. The quantitative estimate of drug-likeness (QED) is 0.777. The van der Waals surface area contributed by atoms with Gasteiger partial charge < -0.3 is 9.73 Å². The maximum Gasteiger partial charge on any atom is 0.147 e. The van der Waals surface area contributed by atoms with E-state index in [1.54, 1.807) is 12.1 Å². The number of hydrogen-bond donors (Lipinski definition) is 1. The Bertz CT molecular complexity index is 769. The van der Waals surface area contributed by atoms with Crippen molar-refractivity contribution in [1.82, 2.24) is 0 Å². The van der Waals surface area contributed by atoms with E-state index in [0.29, 0.717) is 17.8 Å². The van der Waals surface area contributed by atoms with E-state index in [2.05, 4.69) is 5.32 Å². The number of nitrogens with one attached hydrogen (secondary N) is 1. The van der Waals surface area contributed by atoms with Gasteiger partial charge in [0.25, 0.3) is 0 Å². The van der Waals surface area contributed by atoms with Gasteiger partial charge in [-0.25, -0.2) is 4.39 Å². The lowest BCUT2D eigenvalue weighted by Gasteiger charge is -2.05. The van der Waals surface area contributed by atoms with Crippen LogP contribution in [0.4, 0.5) is 10.1 Å². The number of fused-ring (bicyclic) bond motifs is 1. The van der Waals surface area contributed by atoms with Gasteiger partial charge in [0.15, 0.2) is 0 Å². The Labute approximate surface area is 115 Å². The Kier molecular flexibility index (Phi) is 3.10. The van der Waals surface area contributed by atoms with Gasteiger partial charge in [-0.1, -0.05) is 18.2 Å². The summed E-state index contributed by atoms with van der Waals surface area (Å²) in [4.78, 5) is 0. The minimum atomic E-state index is -0.444. The van der Waals surface area contributed by atoms with E-state index in [1.165, 1.54) is 6.07 Å². The highest BCUT2D eigenvalue weighted by molar-refractivity contribution is 5.77. The largest absolute Gasteiger partial charge is 0.459 e. The van der Waals surface area contributed by atoms with Crippen LogP contribution in [0.15, 0.2) is 52.9 Å². The van der Waals surface area contributed by atoms with Crippen molar-refractivity contribution in [1.29, 1.82) is 5.26 Å². The molecule has 1 N–H and O–H groups in total. The standard InChI is InChI=1S/C16H11FN2O/c17-14-7-11(9-18)5-6-15(14)19-10-13-8-12-3-1-2-4-16(12)20-13/h1-8,19H,10H2. The lowest BCUT2D eigenvalue weighted by atomic mass is 10.2. The summed E-state index contributed by atoms with van der Waals surface area (Å²) in [5.74, 6) is 0.287. The monoisotopic (exact) mass is 266 g/mol. The SMILES string of the molecule is N#Cc1ccc(NCc2cc3ccccc3o2)c(F)c1. The van der Waals surface area contributed by atoms with Gasteiger partial charge in [0, 0.05) is 5.39 Å². The summed E-state index contributed by atoms with van der Waals surface area (Å²) in [6.45, 7) is 0.386. The van der Waals surface area contributed by atoms with Crippen molar-refractivity contribution in [2.24, 2.45) is 0 Å². The number of anilines is 1. The molecule has 4 heteroatoms. The van der Waals surface area contributed by atoms with Crippen LogP contribution < -0.4 is 5.32 Å². The highest BCUT2D eigenvalue weighted by atomic mass is 19.1. The van der Waals surface area contributed by atoms with Crippen LogP contribution in [-0.4, -0.2) is 0 Å². The molecule has 0 aliphatic heterocycles. The van der Waals surface area contributed by atoms with Crippen LogP contribution in [0, 0.1) is 17.1 Å². The Morgan fingerprint density at radius 1 is 1.15 bits per heavy atom. The lowest BCUT2D eigenvalue weighted by Crippen LogP contribution is -2.00. The maximum atomic E-state index is 13.7. The third-order valence-electron chi connectivity index (χ3n) is 3.03. The fourth-order valence-corrected chi connectivity index (χ4v) is 2.03. The van der Waals surface area contributed by atoms with Crippen LogP contribution in [0.5, 0.6) is 0 Å². The summed E-state index contributed by atoms with van der Waals surface area (Å²) in [5, 5.41) is 12.7. The summed E-state index contributed by atoms with van der Waals surface area (Å²) >= 11 is 0. The molecule has 0 aliphatic rings. The average Bonchev–Trinajstić information content (AvgIpc) is 2.88. The highest BCUT2D eigenvalue weighted by Crippen LogP contribution is 2.21. The van der Waals surface area contributed by atoms with Crippen molar-refractivity contribution in [2.45, 2.75) is 6.54 Å². The Hall–Kier alpha value is -2.80. The molecule has 0 saturated heterocycles. The second kappa shape index (κ2) is 5.06. The predicted octanol–water partition coefficient (Wildman–Crippen LogP) is 4.06. The van der Waals surface area contributed by atoms with E-state index >= 15 is 0 Å². The minimum Gasteiger partial charge on any atom is -0.459 e. The van der Waals surface area contributed by atoms with Crippen molar-refractivity contribution in [2.75, 3.05) is 5.32 Å². The number of furan rings is 1. The molecule has 0 aliphatic carbocycles. The van der Waals surface area contributed by atoms with Crippen molar-refractivity contribution in [3.05, 3.63) is 65.7 Å². The third-order valence-corrected chi connectivity index (χ3v) is 3.03. The third kappa shape index (κ3) is 2.34. The molecule has 3 aromatic rings. The van der Waals surface area contributed by atoms with E-state index < -0.39 is 5.82 Å². The van der Waals surface area contributed by atoms with Crippen LogP contribution in [0.25, 0.3) is 11.0 Å². The highest BCUT2D eigenvalue weighted by Gasteiger charge is 2.06. The number of halogens is 1. The van der Waals surface area contributed by atoms with Crippen molar-refractivity contribution >= 4 is 16.7 Å². The molecule has 0 unspecified atom stereocenters. The van der Waals surface area contributed by atoms with E-state index in [0.717, 1.165) is 16.7 Å². The summed E-state index contributed by atoms with van der Waals surface area (Å²) in [7, 11) is 0. The number of nitriles is 1. The smallest absolute Gasteiger partial charge is 0.147 e. The lowest BCUT2D eigenvalue weighted by molar-refractivity contribution is 0.558. The maximum absolute atomic E-state index is 13.7. The molecule has 20 heavy (non-hydrogen) atoms. The molecule has 0 saturated carbocycles. The summed E-state index contributed by atoms with van der Waals surface area (Å²) in [6, 6.07) is 15.9. The van der Waals surface area contributed by atoms with Crippen molar-refractivity contribution < 1.29 is 8.81 Å². The second-order valence-electron chi connectivity index (χ2n) is 4.41. The topological polar surface area (TPSA) is 49.0 Å². The molecule has 3 nitrogen and oxygen atoms in total. The molecule has 2 aromatic carbocycles. The van der Waals surface area contributed by atoms with E-state index in [1.807, 2.05) is 36.4 Å². The molecular formula is C16H11FN2O. The Morgan fingerprint density at radius 2 is 2.00 bits per heavy atom. The Balaban J connectivity index is 1.77. The number of nitrogens with zero attached hydrogens (tertiary/aromatic N) is 1. The van der Waals surface area contributed by atoms with E-state index in [9.17, 15) is 4.39 Å². The molecular weight excluding hydrogens is 255 g/mol. The van der Waals surface area contributed by atoms with E-state index in [-0.39, 0.29) is 0 Å². The van der Waals surface area contributed by atoms with Gasteiger partial charge in [-0.3, -0.25) is 0 Å². The molecule has 0 bridgehead atoms. The van der Waals surface area contributed by atoms with Gasteiger partial charge >= 0.3 is 0 Å². The first-order chi connectivity index (χ1) is 9.76. The van der Waals surface area contributed by atoms with Gasteiger partial charge in [-0.2, -0.15) is 5.26 Å². The number of benzene rings is 2. The number of rotatable bonds is 3. The van der Waals surface area contributed by atoms with Crippen LogP contribution in [0.1, 0.15) is 11.3 Å². The molecule has 0 atom stereocenters. The normalized spacial score (nSPS) is 10.4. The fraction of sp³-hybridized carbons (Fsp3) is 0.0625. The first-order valence-electron chi connectivity index (χ1n) is 6.17.